The molecule has 122 valence electrons. The number of amides is 1. The highest BCUT2D eigenvalue weighted by Crippen LogP contribution is 2.19. The molecule has 1 atom stereocenters. The van der Waals surface area contributed by atoms with Crippen LogP contribution in [0.15, 0.2) is 24.3 Å². The lowest BCUT2D eigenvalue weighted by atomic mass is 10.0. The molecule has 0 saturated heterocycles. The van der Waals surface area contributed by atoms with Crippen molar-refractivity contribution in [2.75, 3.05) is 6.54 Å². The quantitative estimate of drug-likeness (QED) is 0.742. The molecule has 0 saturated carbocycles. The molecule has 0 fully saturated rings. The Kier molecular flexibility index (Phi) is 5.01. The van der Waals surface area contributed by atoms with Gasteiger partial charge in [0.1, 0.15) is 5.69 Å². The summed E-state index contributed by atoms with van der Waals surface area (Å²) in [5.41, 5.74) is 3.99. The third-order valence-corrected chi connectivity index (χ3v) is 4.02. The molecule has 1 heterocycles. The van der Waals surface area contributed by atoms with Crippen LogP contribution < -0.4 is 5.32 Å². The Morgan fingerprint density at radius 1 is 1.22 bits per heavy atom. The average molecular weight is 314 g/mol. The Balaban J connectivity index is 2.10. The van der Waals surface area contributed by atoms with Crippen molar-refractivity contribution in [3.05, 3.63) is 57.9 Å². The van der Waals surface area contributed by atoms with E-state index in [0.29, 0.717) is 22.5 Å². The van der Waals surface area contributed by atoms with E-state index >= 15 is 0 Å². The molecule has 1 aromatic carbocycles. The lowest BCUT2D eigenvalue weighted by Crippen LogP contribution is -2.29. The molecular formula is C18H22N2O3. The first-order valence-corrected chi connectivity index (χ1v) is 7.54. The summed E-state index contributed by atoms with van der Waals surface area (Å²) < 4.78 is 0. The van der Waals surface area contributed by atoms with Crippen molar-refractivity contribution in [1.82, 2.24) is 10.3 Å². The van der Waals surface area contributed by atoms with Gasteiger partial charge in [0.15, 0.2) is 5.78 Å². The van der Waals surface area contributed by atoms with E-state index in [-0.39, 0.29) is 18.2 Å². The first-order valence-electron chi connectivity index (χ1n) is 7.54. The van der Waals surface area contributed by atoms with Gasteiger partial charge in [0.2, 0.25) is 0 Å². The van der Waals surface area contributed by atoms with Crippen LogP contribution in [0.5, 0.6) is 0 Å². The second-order valence-corrected chi connectivity index (χ2v) is 5.76. The van der Waals surface area contributed by atoms with Crippen molar-refractivity contribution in [3.8, 4) is 0 Å². The summed E-state index contributed by atoms with van der Waals surface area (Å²) in [7, 11) is 0. The number of ketones is 1. The minimum Gasteiger partial charge on any atom is -0.387 e. The molecule has 1 amide bonds. The van der Waals surface area contributed by atoms with Crippen LogP contribution in [-0.4, -0.2) is 28.3 Å². The van der Waals surface area contributed by atoms with E-state index in [9.17, 15) is 14.7 Å². The summed E-state index contributed by atoms with van der Waals surface area (Å²) in [4.78, 5) is 26.9. The first-order chi connectivity index (χ1) is 10.8. The zero-order valence-electron chi connectivity index (χ0n) is 13.9. The van der Waals surface area contributed by atoms with E-state index in [1.54, 1.807) is 13.8 Å². The van der Waals surface area contributed by atoms with Crippen molar-refractivity contribution in [2.45, 2.75) is 33.8 Å². The van der Waals surface area contributed by atoms with Crippen LogP contribution in [0.25, 0.3) is 0 Å². The number of aliphatic hydroxyl groups excluding tert-OH is 1. The highest BCUT2D eigenvalue weighted by molar-refractivity contribution is 6.02. The zero-order valence-corrected chi connectivity index (χ0v) is 13.9. The van der Waals surface area contributed by atoms with Gasteiger partial charge in [0.25, 0.3) is 5.91 Å². The number of aryl methyl sites for hydroxylation is 2. The number of benzene rings is 1. The monoisotopic (exact) mass is 314 g/mol. The zero-order chi connectivity index (χ0) is 17.1. The number of carbonyl (C=O) groups excluding carboxylic acids is 2. The molecular weight excluding hydrogens is 292 g/mol. The first kappa shape index (κ1) is 17.0. The molecule has 2 aromatic rings. The van der Waals surface area contributed by atoms with Gasteiger partial charge >= 0.3 is 0 Å². The van der Waals surface area contributed by atoms with Crippen LogP contribution in [0, 0.1) is 20.8 Å². The van der Waals surface area contributed by atoms with Crippen LogP contribution in [0.3, 0.4) is 0 Å². The van der Waals surface area contributed by atoms with Crippen LogP contribution in [-0.2, 0) is 0 Å². The number of aromatic amines is 1. The second-order valence-electron chi connectivity index (χ2n) is 5.76. The Morgan fingerprint density at radius 3 is 2.43 bits per heavy atom. The third kappa shape index (κ3) is 3.51. The fraction of sp³-hybridized carbons (Fsp3) is 0.333. The maximum absolute atomic E-state index is 12.3. The van der Waals surface area contributed by atoms with Gasteiger partial charge in [-0.25, -0.2) is 0 Å². The standard InChI is InChI=1S/C18H22N2O3/c1-10-7-5-6-8-14(10)15(22)9-19-18(23)17-11(2)16(13(4)21)12(3)20-17/h5-8,15,20,22H,9H2,1-4H3,(H,19,23). The number of nitrogens with one attached hydrogen (secondary N) is 2. The number of hydrogen-bond donors (Lipinski definition) is 3. The molecule has 5 heteroatoms. The minimum atomic E-state index is -0.774. The second kappa shape index (κ2) is 6.79. The van der Waals surface area contributed by atoms with E-state index in [1.165, 1.54) is 6.92 Å². The van der Waals surface area contributed by atoms with E-state index in [4.69, 9.17) is 0 Å². The third-order valence-electron chi connectivity index (χ3n) is 4.02. The fourth-order valence-corrected chi connectivity index (χ4v) is 2.85. The Bertz CT molecular complexity index is 747. The van der Waals surface area contributed by atoms with Crippen molar-refractivity contribution in [2.24, 2.45) is 0 Å². The molecule has 2 rings (SSSR count). The van der Waals surface area contributed by atoms with Crippen molar-refractivity contribution < 1.29 is 14.7 Å². The van der Waals surface area contributed by atoms with Crippen molar-refractivity contribution >= 4 is 11.7 Å². The normalized spacial score (nSPS) is 12.0. The number of hydrogen-bond acceptors (Lipinski definition) is 3. The molecule has 0 aliphatic carbocycles. The fourth-order valence-electron chi connectivity index (χ4n) is 2.85. The molecule has 1 unspecified atom stereocenters. The van der Waals surface area contributed by atoms with Gasteiger partial charge in [-0.15, -0.1) is 0 Å². The number of Topliss-reactive ketones (excluding diaryl/α,β-unsaturated/α-hetero) is 1. The molecule has 3 N–H and O–H groups in total. The van der Waals surface area contributed by atoms with Crippen LogP contribution in [0.2, 0.25) is 0 Å². The van der Waals surface area contributed by atoms with Gasteiger partial charge in [0, 0.05) is 17.8 Å². The van der Waals surface area contributed by atoms with Gasteiger partial charge in [-0.1, -0.05) is 24.3 Å². The van der Waals surface area contributed by atoms with Gasteiger partial charge in [-0.2, -0.15) is 0 Å². The number of aromatic nitrogens is 1. The lowest BCUT2D eigenvalue weighted by molar-refractivity contribution is 0.0911. The molecule has 0 bridgehead atoms. The lowest BCUT2D eigenvalue weighted by Gasteiger charge is -2.14. The van der Waals surface area contributed by atoms with Crippen molar-refractivity contribution in [3.63, 3.8) is 0 Å². The van der Waals surface area contributed by atoms with E-state index in [1.807, 2.05) is 31.2 Å². The predicted octanol–water partition coefficient (Wildman–Crippen LogP) is 2.61. The summed E-state index contributed by atoms with van der Waals surface area (Å²) in [5.74, 6) is -0.402. The smallest absolute Gasteiger partial charge is 0.268 e. The summed E-state index contributed by atoms with van der Waals surface area (Å²) in [6, 6.07) is 7.51. The van der Waals surface area contributed by atoms with Crippen LogP contribution in [0.1, 0.15) is 56.3 Å². The molecule has 0 spiro atoms. The summed E-state index contributed by atoms with van der Waals surface area (Å²) in [6.07, 6.45) is -0.774. The summed E-state index contributed by atoms with van der Waals surface area (Å²) in [6.45, 7) is 7.01. The molecule has 0 aliphatic rings. The van der Waals surface area contributed by atoms with Gasteiger partial charge in [-0.3, -0.25) is 9.59 Å². The molecule has 5 nitrogen and oxygen atoms in total. The minimum absolute atomic E-state index is 0.0738. The molecule has 23 heavy (non-hydrogen) atoms. The highest BCUT2D eigenvalue weighted by atomic mass is 16.3. The number of aliphatic hydroxyl groups is 1. The largest absolute Gasteiger partial charge is 0.387 e. The highest BCUT2D eigenvalue weighted by Gasteiger charge is 2.20. The maximum Gasteiger partial charge on any atom is 0.268 e. The SMILES string of the molecule is CC(=O)c1c(C)[nH]c(C(=O)NCC(O)c2ccccc2C)c1C. The predicted molar refractivity (Wildman–Crippen MR) is 88.7 cm³/mol. The Hall–Kier alpha value is -2.40. The Labute approximate surface area is 135 Å². The van der Waals surface area contributed by atoms with Gasteiger partial charge in [-0.05, 0) is 44.4 Å². The summed E-state index contributed by atoms with van der Waals surface area (Å²) >= 11 is 0. The van der Waals surface area contributed by atoms with Crippen LogP contribution >= 0.6 is 0 Å². The molecule has 0 radical (unpaired) electrons. The van der Waals surface area contributed by atoms with Gasteiger partial charge in [0.05, 0.1) is 6.10 Å². The molecule has 0 aliphatic heterocycles. The summed E-state index contributed by atoms with van der Waals surface area (Å²) in [5, 5.41) is 12.9. The maximum atomic E-state index is 12.3. The average Bonchev–Trinajstić information content (AvgIpc) is 2.80. The van der Waals surface area contributed by atoms with E-state index < -0.39 is 6.10 Å². The van der Waals surface area contributed by atoms with E-state index in [0.717, 1.165) is 11.1 Å². The van der Waals surface area contributed by atoms with E-state index in [2.05, 4.69) is 10.3 Å². The van der Waals surface area contributed by atoms with Gasteiger partial charge < -0.3 is 15.4 Å². The number of carbonyl (C=O) groups is 2. The number of H-pyrrole nitrogens is 1. The topological polar surface area (TPSA) is 82.2 Å². The Morgan fingerprint density at radius 2 is 1.87 bits per heavy atom. The molecule has 1 aromatic heterocycles. The van der Waals surface area contributed by atoms with Crippen molar-refractivity contribution in [1.29, 1.82) is 0 Å². The van der Waals surface area contributed by atoms with Crippen LogP contribution in [0.4, 0.5) is 0 Å². The number of rotatable bonds is 5.